The van der Waals surface area contributed by atoms with Crippen LogP contribution in [0.1, 0.15) is 26.2 Å². The number of hydrogen-bond donors (Lipinski definition) is 1. The topological polar surface area (TPSA) is 49.4 Å². The van der Waals surface area contributed by atoms with Crippen molar-refractivity contribution < 1.29 is 8.42 Å². The first-order valence-electron chi connectivity index (χ1n) is 6.82. The van der Waals surface area contributed by atoms with Gasteiger partial charge in [0.25, 0.3) is 0 Å². The molecule has 0 spiro atoms. The van der Waals surface area contributed by atoms with Crippen LogP contribution in [-0.2, 0) is 10.0 Å². The molecule has 0 aliphatic heterocycles. The summed E-state index contributed by atoms with van der Waals surface area (Å²) in [5.41, 5.74) is 0.764. The van der Waals surface area contributed by atoms with Gasteiger partial charge in [0.1, 0.15) is 0 Å². The quantitative estimate of drug-likeness (QED) is 0.707. The van der Waals surface area contributed by atoms with Crippen molar-refractivity contribution in [3.63, 3.8) is 0 Å². The van der Waals surface area contributed by atoms with Crippen LogP contribution in [0.5, 0.6) is 0 Å². The Balaban J connectivity index is 2.84. The molecule has 0 fully saturated rings. The van der Waals surface area contributed by atoms with Crippen molar-refractivity contribution in [2.45, 2.75) is 26.2 Å². The summed E-state index contributed by atoms with van der Waals surface area (Å²) in [6.07, 6.45) is 2.49. The van der Waals surface area contributed by atoms with E-state index in [0.29, 0.717) is 13.0 Å². The predicted octanol–water partition coefficient (Wildman–Crippen LogP) is 2.23. The molecule has 0 radical (unpaired) electrons. The maximum atomic E-state index is 12.4. The second-order valence-corrected chi connectivity index (χ2v) is 6.55. The summed E-state index contributed by atoms with van der Waals surface area (Å²) in [5.74, 6) is 0.187. The first kappa shape index (κ1) is 16.0. The van der Waals surface area contributed by atoms with E-state index in [-0.39, 0.29) is 5.75 Å². The van der Waals surface area contributed by atoms with Gasteiger partial charge in [-0.1, -0.05) is 31.5 Å². The van der Waals surface area contributed by atoms with Crippen molar-refractivity contribution in [1.82, 2.24) is 5.32 Å². The Labute approximate surface area is 116 Å². The summed E-state index contributed by atoms with van der Waals surface area (Å²) in [4.78, 5) is 0. The number of sulfonamides is 1. The monoisotopic (exact) mass is 284 g/mol. The molecule has 0 amide bonds. The van der Waals surface area contributed by atoms with Gasteiger partial charge in [-0.2, -0.15) is 0 Å². The fraction of sp³-hybridized carbons (Fsp3) is 0.571. The number of benzene rings is 1. The third-order valence-corrected chi connectivity index (χ3v) is 4.79. The van der Waals surface area contributed by atoms with Gasteiger partial charge in [0.15, 0.2) is 0 Å². The second-order valence-electron chi connectivity index (χ2n) is 4.53. The van der Waals surface area contributed by atoms with E-state index < -0.39 is 10.0 Å². The lowest BCUT2D eigenvalue weighted by Gasteiger charge is -2.24. The van der Waals surface area contributed by atoms with E-state index in [9.17, 15) is 8.42 Å². The average molecular weight is 284 g/mol. The molecule has 0 aliphatic carbocycles. The number of nitrogens with one attached hydrogen (secondary N) is 1. The Hall–Kier alpha value is -1.07. The summed E-state index contributed by atoms with van der Waals surface area (Å²) in [5, 5.41) is 2.98. The lowest BCUT2D eigenvalue weighted by Crippen LogP contribution is -2.34. The fourth-order valence-electron chi connectivity index (χ4n) is 1.87. The maximum Gasteiger partial charge on any atom is 0.235 e. The van der Waals surface area contributed by atoms with E-state index >= 15 is 0 Å². The number of hydrogen-bond acceptors (Lipinski definition) is 3. The van der Waals surface area contributed by atoms with Crippen molar-refractivity contribution in [1.29, 1.82) is 0 Å². The van der Waals surface area contributed by atoms with Crippen molar-refractivity contribution in [2.24, 2.45) is 0 Å². The van der Waals surface area contributed by atoms with E-state index in [2.05, 4.69) is 12.2 Å². The SMILES string of the molecule is CCCCN(c1ccccc1)S(=O)(=O)CCCNC. The standard InChI is InChI=1S/C14H24N2O2S/c1-3-4-12-16(14-9-6-5-7-10-14)19(17,18)13-8-11-15-2/h5-7,9-10,15H,3-4,8,11-13H2,1-2H3. The van der Waals surface area contributed by atoms with Gasteiger partial charge in [-0.3, -0.25) is 4.31 Å². The van der Waals surface area contributed by atoms with Crippen molar-refractivity contribution in [3.05, 3.63) is 30.3 Å². The minimum Gasteiger partial charge on any atom is -0.320 e. The van der Waals surface area contributed by atoms with Crippen LogP contribution in [0.15, 0.2) is 30.3 Å². The summed E-state index contributed by atoms with van der Waals surface area (Å²) in [7, 11) is -1.39. The van der Waals surface area contributed by atoms with E-state index in [1.54, 1.807) is 4.31 Å². The molecule has 108 valence electrons. The molecule has 0 saturated heterocycles. The molecular formula is C14H24N2O2S. The van der Waals surface area contributed by atoms with E-state index in [1.807, 2.05) is 37.4 Å². The molecule has 5 heteroatoms. The summed E-state index contributed by atoms with van der Waals surface area (Å²) in [6.45, 7) is 3.34. The van der Waals surface area contributed by atoms with Crippen LogP contribution < -0.4 is 9.62 Å². The van der Waals surface area contributed by atoms with Gasteiger partial charge in [0.2, 0.25) is 10.0 Å². The van der Waals surface area contributed by atoms with Gasteiger partial charge in [-0.25, -0.2) is 8.42 Å². The molecule has 1 N–H and O–H groups in total. The van der Waals surface area contributed by atoms with Crippen LogP contribution in [-0.4, -0.2) is 34.3 Å². The molecule has 1 rings (SSSR count). The number of anilines is 1. The highest BCUT2D eigenvalue weighted by molar-refractivity contribution is 7.92. The first-order chi connectivity index (χ1) is 9.11. The van der Waals surface area contributed by atoms with Gasteiger partial charge in [-0.15, -0.1) is 0 Å². The van der Waals surface area contributed by atoms with Crippen LogP contribution >= 0.6 is 0 Å². The van der Waals surface area contributed by atoms with Gasteiger partial charge in [0, 0.05) is 6.54 Å². The molecule has 4 nitrogen and oxygen atoms in total. The molecular weight excluding hydrogens is 260 g/mol. The van der Waals surface area contributed by atoms with Gasteiger partial charge in [-0.05, 0) is 38.6 Å². The fourth-order valence-corrected chi connectivity index (χ4v) is 3.45. The molecule has 0 unspecified atom stereocenters. The van der Waals surface area contributed by atoms with E-state index in [1.165, 1.54) is 0 Å². The molecule has 0 atom stereocenters. The predicted molar refractivity (Wildman–Crippen MR) is 81.0 cm³/mol. The second kappa shape index (κ2) is 8.17. The molecule has 0 aliphatic rings. The van der Waals surface area contributed by atoms with Crippen LogP contribution in [0.25, 0.3) is 0 Å². The Kier molecular flexibility index (Phi) is 6.87. The van der Waals surface area contributed by atoms with Crippen molar-refractivity contribution in [2.75, 3.05) is 30.2 Å². The van der Waals surface area contributed by atoms with Crippen molar-refractivity contribution in [3.8, 4) is 0 Å². The summed E-state index contributed by atoms with van der Waals surface area (Å²) in [6, 6.07) is 9.35. The largest absolute Gasteiger partial charge is 0.320 e. The minimum atomic E-state index is -3.23. The summed E-state index contributed by atoms with van der Waals surface area (Å²) >= 11 is 0. The van der Waals surface area contributed by atoms with E-state index in [4.69, 9.17) is 0 Å². The number of unbranched alkanes of at least 4 members (excludes halogenated alkanes) is 1. The smallest absolute Gasteiger partial charge is 0.235 e. The third-order valence-electron chi connectivity index (χ3n) is 2.92. The highest BCUT2D eigenvalue weighted by atomic mass is 32.2. The number of para-hydroxylation sites is 1. The average Bonchev–Trinajstić information content (AvgIpc) is 2.40. The normalized spacial score (nSPS) is 11.5. The minimum absolute atomic E-state index is 0.187. The van der Waals surface area contributed by atoms with Gasteiger partial charge >= 0.3 is 0 Å². The van der Waals surface area contributed by atoms with Crippen LogP contribution in [0.3, 0.4) is 0 Å². The zero-order chi connectivity index (χ0) is 14.1. The van der Waals surface area contributed by atoms with Gasteiger partial charge < -0.3 is 5.32 Å². The van der Waals surface area contributed by atoms with Gasteiger partial charge in [0.05, 0.1) is 11.4 Å². The molecule has 1 aromatic rings. The first-order valence-corrected chi connectivity index (χ1v) is 8.42. The van der Waals surface area contributed by atoms with Crippen LogP contribution in [0.4, 0.5) is 5.69 Å². The molecule has 0 saturated carbocycles. The molecule has 0 bridgehead atoms. The lowest BCUT2D eigenvalue weighted by molar-refractivity contribution is 0.584. The summed E-state index contributed by atoms with van der Waals surface area (Å²) < 4.78 is 26.4. The zero-order valence-corrected chi connectivity index (χ0v) is 12.6. The van der Waals surface area contributed by atoms with Crippen LogP contribution in [0, 0.1) is 0 Å². The highest BCUT2D eigenvalue weighted by Crippen LogP contribution is 2.19. The molecule has 19 heavy (non-hydrogen) atoms. The number of nitrogens with zero attached hydrogens (tertiary/aromatic N) is 1. The third kappa shape index (κ3) is 5.20. The molecule has 1 aromatic carbocycles. The highest BCUT2D eigenvalue weighted by Gasteiger charge is 2.21. The Morgan fingerprint density at radius 2 is 1.84 bits per heavy atom. The molecule has 0 heterocycles. The Morgan fingerprint density at radius 1 is 1.16 bits per heavy atom. The molecule has 0 aromatic heterocycles. The Bertz CT molecular complexity index is 446. The van der Waals surface area contributed by atoms with Crippen molar-refractivity contribution >= 4 is 15.7 Å². The Morgan fingerprint density at radius 3 is 2.42 bits per heavy atom. The van der Waals surface area contributed by atoms with E-state index in [0.717, 1.165) is 25.1 Å². The van der Waals surface area contributed by atoms with Crippen LogP contribution in [0.2, 0.25) is 0 Å². The number of rotatable bonds is 9. The zero-order valence-electron chi connectivity index (χ0n) is 11.8. The maximum absolute atomic E-state index is 12.4. The lowest BCUT2D eigenvalue weighted by atomic mass is 10.3.